The van der Waals surface area contributed by atoms with Crippen molar-refractivity contribution < 1.29 is 5.11 Å². The number of hydrogen-bond donors (Lipinski definition) is 1. The van der Waals surface area contributed by atoms with Gasteiger partial charge in [-0.05, 0) is 50.4 Å². The molecule has 4 nitrogen and oxygen atoms in total. The van der Waals surface area contributed by atoms with E-state index in [9.17, 15) is 5.11 Å². The molecule has 4 heteroatoms. The highest BCUT2D eigenvalue weighted by Gasteiger charge is 2.42. The van der Waals surface area contributed by atoms with Crippen LogP contribution in [0.3, 0.4) is 0 Å². The molecule has 2 heterocycles. The molecule has 3 fully saturated rings. The number of fused-ring (bicyclic) bond motifs is 1. The highest BCUT2D eigenvalue weighted by atomic mass is 16.3. The molecule has 128 valence electrons. The molecule has 0 radical (unpaired) electrons. The zero-order chi connectivity index (χ0) is 15.8. The summed E-state index contributed by atoms with van der Waals surface area (Å²) in [6.45, 7) is 5.81. The minimum absolute atomic E-state index is 0.209. The first kappa shape index (κ1) is 15.6. The molecule has 4 rings (SSSR count). The number of nitrogens with zero attached hydrogens (tertiary/aromatic N) is 3. The van der Waals surface area contributed by atoms with Crippen molar-refractivity contribution in [1.82, 2.24) is 14.5 Å². The van der Waals surface area contributed by atoms with E-state index < -0.39 is 0 Å². The van der Waals surface area contributed by atoms with Gasteiger partial charge in [-0.25, -0.2) is 4.98 Å². The van der Waals surface area contributed by atoms with Gasteiger partial charge in [0.25, 0.3) is 0 Å². The van der Waals surface area contributed by atoms with Gasteiger partial charge in [0.15, 0.2) is 0 Å². The zero-order valence-corrected chi connectivity index (χ0v) is 14.4. The van der Waals surface area contributed by atoms with Crippen LogP contribution in [0.25, 0.3) is 0 Å². The smallest absolute Gasteiger partial charge is 0.105 e. The largest absolute Gasteiger partial charge is 0.391 e. The van der Waals surface area contributed by atoms with E-state index >= 15 is 0 Å². The Morgan fingerprint density at radius 3 is 2.57 bits per heavy atom. The maximum absolute atomic E-state index is 10.7. The Balaban J connectivity index is 1.38. The van der Waals surface area contributed by atoms with Gasteiger partial charge in [0.05, 0.1) is 12.1 Å². The topological polar surface area (TPSA) is 41.3 Å². The van der Waals surface area contributed by atoms with E-state index in [0.29, 0.717) is 5.92 Å². The lowest BCUT2D eigenvalue weighted by molar-refractivity contribution is 0.0349. The number of aliphatic hydroxyl groups is 1. The second-order valence-corrected chi connectivity index (χ2v) is 8.23. The predicted molar refractivity (Wildman–Crippen MR) is 91.2 cm³/mol. The Labute approximate surface area is 139 Å². The number of aromatic nitrogens is 2. The molecular weight excluding hydrogens is 286 g/mol. The Bertz CT molecular complexity index is 522. The third-order valence-corrected chi connectivity index (χ3v) is 6.65. The molecule has 2 aliphatic carbocycles. The number of likely N-dealkylation sites (tertiary alicyclic amines) is 1. The number of hydrogen-bond acceptors (Lipinski definition) is 3. The minimum Gasteiger partial charge on any atom is -0.391 e. The van der Waals surface area contributed by atoms with E-state index in [1.165, 1.54) is 51.7 Å². The summed E-state index contributed by atoms with van der Waals surface area (Å²) in [6, 6.07) is 0.230. The number of rotatable bonds is 3. The Hall–Kier alpha value is -0.870. The molecular formula is C19H31N3O. The highest BCUT2D eigenvalue weighted by molar-refractivity contribution is 5.00. The monoisotopic (exact) mass is 317 g/mol. The van der Waals surface area contributed by atoms with Gasteiger partial charge in [-0.2, -0.15) is 0 Å². The Kier molecular flexibility index (Phi) is 4.46. The van der Waals surface area contributed by atoms with E-state index in [1.807, 2.05) is 19.3 Å². The minimum atomic E-state index is -0.209. The normalized spacial score (nSPS) is 36.3. The van der Waals surface area contributed by atoms with Crippen LogP contribution < -0.4 is 0 Å². The first-order valence-electron chi connectivity index (χ1n) is 9.60. The maximum Gasteiger partial charge on any atom is 0.105 e. The van der Waals surface area contributed by atoms with Crippen molar-refractivity contribution in [2.24, 2.45) is 17.8 Å². The molecule has 0 aromatic carbocycles. The van der Waals surface area contributed by atoms with Crippen molar-refractivity contribution in [3.63, 3.8) is 0 Å². The molecule has 1 aromatic rings. The summed E-state index contributed by atoms with van der Waals surface area (Å²) < 4.78 is 2.20. The van der Waals surface area contributed by atoms with E-state index in [2.05, 4.69) is 14.5 Å². The van der Waals surface area contributed by atoms with Gasteiger partial charge in [0.1, 0.15) is 5.82 Å². The summed E-state index contributed by atoms with van der Waals surface area (Å²) in [4.78, 5) is 7.06. The van der Waals surface area contributed by atoms with Crippen LogP contribution in [0.5, 0.6) is 0 Å². The lowest BCUT2D eigenvalue weighted by Crippen LogP contribution is -2.36. The van der Waals surface area contributed by atoms with Crippen LogP contribution in [0.4, 0.5) is 0 Å². The van der Waals surface area contributed by atoms with Crippen molar-refractivity contribution in [2.45, 2.75) is 64.0 Å². The van der Waals surface area contributed by atoms with E-state index in [0.717, 1.165) is 30.5 Å². The fourth-order valence-electron chi connectivity index (χ4n) is 5.43. The number of aryl methyl sites for hydroxylation is 1. The van der Waals surface area contributed by atoms with Crippen LogP contribution in [0.1, 0.15) is 56.8 Å². The highest BCUT2D eigenvalue weighted by Crippen LogP contribution is 2.42. The molecule has 1 aliphatic heterocycles. The van der Waals surface area contributed by atoms with Crippen molar-refractivity contribution in [3.8, 4) is 0 Å². The molecule has 3 aliphatic rings. The third kappa shape index (κ3) is 3.20. The Morgan fingerprint density at radius 2 is 1.87 bits per heavy atom. The van der Waals surface area contributed by atoms with Gasteiger partial charge in [-0.1, -0.05) is 19.3 Å². The molecule has 0 bridgehead atoms. The van der Waals surface area contributed by atoms with E-state index in [-0.39, 0.29) is 12.1 Å². The molecule has 1 aromatic heterocycles. The first-order chi connectivity index (χ1) is 11.2. The van der Waals surface area contributed by atoms with Crippen LogP contribution in [0.15, 0.2) is 12.4 Å². The predicted octanol–water partition coefficient (Wildman–Crippen LogP) is 3.02. The Morgan fingerprint density at radius 1 is 1.13 bits per heavy atom. The number of aliphatic hydroxyl groups excluding tert-OH is 1. The van der Waals surface area contributed by atoms with Crippen molar-refractivity contribution in [3.05, 3.63) is 18.2 Å². The molecule has 23 heavy (non-hydrogen) atoms. The molecule has 4 atom stereocenters. The van der Waals surface area contributed by atoms with Crippen LogP contribution in [0.2, 0.25) is 0 Å². The van der Waals surface area contributed by atoms with Gasteiger partial charge in [0, 0.05) is 32.0 Å². The first-order valence-corrected chi connectivity index (χ1v) is 9.60. The summed E-state index contributed by atoms with van der Waals surface area (Å²) in [7, 11) is 0. The standard InChI is InChI=1S/C19H31N3O/c1-14-20-7-8-22(14)18-9-16-12-21(13-17(16)10-19(18)23)11-15-5-3-2-4-6-15/h7-8,15-19,23H,2-6,9-13H2,1H3/t16-,17+,18-,19-/m0/s1. The van der Waals surface area contributed by atoms with E-state index in [1.54, 1.807) is 0 Å². The SMILES string of the molecule is Cc1nccn1[C@H]1C[C@H]2CN(CC3CCCCC3)C[C@H]2C[C@@H]1O. The zero-order valence-electron chi connectivity index (χ0n) is 14.4. The summed E-state index contributed by atoms with van der Waals surface area (Å²) in [5.41, 5.74) is 0. The third-order valence-electron chi connectivity index (χ3n) is 6.65. The summed E-state index contributed by atoms with van der Waals surface area (Å²) in [5, 5.41) is 10.7. The van der Waals surface area contributed by atoms with Gasteiger partial charge in [-0.3, -0.25) is 0 Å². The average molecular weight is 317 g/mol. The molecule has 0 unspecified atom stereocenters. The molecule has 0 spiro atoms. The fraction of sp³-hybridized carbons (Fsp3) is 0.842. The van der Waals surface area contributed by atoms with E-state index in [4.69, 9.17) is 0 Å². The molecule has 1 N–H and O–H groups in total. The van der Waals surface area contributed by atoms with Crippen LogP contribution >= 0.6 is 0 Å². The molecule has 2 saturated carbocycles. The van der Waals surface area contributed by atoms with Crippen molar-refractivity contribution in [2.75, 3.05) is 19.6 Å². The van der Waals surface area contributed by atoms with Crippen molar-refractivity contribution in [1.29, 1.82) is 0 Å². The van der Waals surface area contributed by atoms with Crippen molar-refractivity contribution >= 4 is 0 Å². The molecule has 0 amide bonds. The summed E-state index contributed by atoms with van der Waals surface area (Å²) >= 11 is 0. The second kappa shape index (κ2) is 6.56. The quantitative estimate of drug-likeness (QED) is 0.932. The van der Waals surface area contributed by atoms with Crippen LogP contribution in [-0.2, 0) is 0 Å². The fourth-order valence-corrected chi connectivity index (χ4v) is 5.43. The number of imidazole rings is 1. The average Bonchev–Trinajstić information content (AvgIpc) is 3.12. The summed E-state index contributed by atoms with van der Waals surface area (Å²) in [6.07, 6.45) is 13.0. The lowest BCUT2D eigenvalue weighted by atomic mass is 9.77. The van der Waals surface area contributed by atoms with Crippen LogP contribution in [-0.4, -0.2) is 45.3 Å². The van der Waals surface area contributed by atoms with Gasteiger partial charge in [0.2, 0.25) is 0 Å². The lowest BCUT2D eigenvalue weighted by Gasteiger charge is -2.36. The van der Waals surface area contributed by atoms with Gasteiger partial charge < -0.3 is 14.6 Å². The van der Waals surface area contributed by atoms with Gasteiger partial charge in [-0.15, -0.1) is 0 Å². The molecule has 1 saturated heterocycles. The second-order valence-electron chi connectivity index (χ2n) is 8.23. The maximum atomic E-state index is 10.7. The van der Waals surface area contributed by atoms with Crippen LogP contribution in [0, 0.1) is 24.7 Å². The summed E-state index contributed by atoms with van der Waals surface area (Å²) in [5.74, 6) is 3.42. The van der Waals surface area contributed by atoms with Gasteiger partial charge >= 0.3 is 0 Å².